The zero-order chi connectivity index (χ0) is 15.8. The summed E-state index contributed by atoms with van der Waals surface area (Å²) in [6, 6.07) is 8.68. The fourth-order valence-corrected chi connectivity index (χ4v) is 2.38. The minimum Gasteiger partial charge on any atom is -0.265 e. The first-order valence-electron chi connectivity index (χ1n) is 6.79. The maximum atomic E-state index is 14.1. The average molecular weight is 309 g/mol. The first-order chi connectivity index (χ1) is 11.2. The second-order valence-electron chi connectivity index (χ2n) is 4.86. The molecule has 0 bridgehead atoms. The quantitative estimate of drug-likeness (QED) is 0.571. The van der Waals surface area contributed by atoms with E-state index in [0.29, 0.717) is 17.2 Å². The van der Waals surface area contributed by atoms with Crippen LogP contribution in [0.2, 0.25) is 0 Å². The van der Waals surface area contributed by atoms with Crippen LogP contribution in [0.5, 0.6) is 0 Å². The summed E-state index contributed by atoms with van der Waals surface area (Å²) in [5.41, 5.74) is 2.08. The molecule has 5 nitrogen and oxygen atoms in total. The maximum absolute atomic E-state index is 14.1. The Kier molecular flexibility index (Phi) is 3.04. The first kappa shape index (κ1) is 13.4. The van der Waals surface area contributed by atoms with Crippen LogP contribution in [0.25, 0.3) is 28.3 Å². The van der Waals surface area contributed by atoms with Gasteiger partial charge in [0.2, 0.25) is 0 Å². The van der Waals surface area contributed by atoms with Gasteiger partial charge in [-0.2, -0.15) is 14.6 Å². The van der Waals surface area contributed by atoms with E-state index in [4.69, 9.17) is 0 Å². The second kappa shape index (κ2) is 5.20. The van der Waals surface area contributed by atoms with Crippen molar-refractivity contribution in [1.82, 2.24) is 24.6 Å². The molecule has 0 aliphatic rings. The molecule has 0 saturated heterocycles. The Hall–Kier alpha value is -3.22. The summed E-state index contributed by atoms with van der Waals surface area (Å²) in [4.78, 5) is 12.3. The van der Waals surface area contributed by atoms with Crippen molar-refractivity contribution < 1.29 is 8.78 Å². The molecule has 0 N–H and O–H groups in total. The van der Waals surface area contributed by atoms with Crippen molar-refractivity contribution in [3.63, 3.8) is 0 Å². The first-order valence-corrected chi connectivity index (χ1v) is 6.79. The highest BCUT2D eigenvalue weighted by molar-refractivity contribution is 5.70. The predicted molar refractivity (Wildman–Crippen MR) is 79.4 cm³/mol. The minimum atomic E-state index is -0.679. The van der Waals surface area contributed by atoms with Crippen molar-refractivity contribution >= 4 is 5.78 Å². The van der Waals surface area contributed by atoms with Crippen molar-refractivity contribution in [2.45, 2.75) is 0 Å². The molecule has 4 rings (SSSR count). The summed E-state index contributed by atoms with van der Waals surface area (Å²) < 4.78 is 28.7. The summed E-state index contributed by atoms with van der Waals surface area (Å²) in [7, 11) is 0. The number of hydrogen-bond donors (Lipinski definition) is 0. The van der Waals surface area contributed by atoms with E-state index in [1.54, 1.807) is 35.1 Å². The number of pyridine rings is 1. The molecule has 0 radical (unpaired) electrons. The lowest BCUT2D eigenvalue weighted by molar-refractivity contribution is 0.585. The van der Waals surface area contributed by atoms with E-state index < -0.39 is 11.6 Å². The molecule has 0 amide bonds. The van der Waals surface area contributed by atoms with Gasteiger partial charge in [0, 0.05) is 29.6 Å². The Morgan fingerprint density at radius 2 is 1.78 bits per heavy atom. The highest BCUT2D eigenvalue weighted by Crippen LogP contribution is 2.27. The molecule has 0 fully saturated rings. The van der Waals surface area contributed by atoms with Gasteiger partial charge in [-0.15, -0.1) is 0 Å². The molecule has 7 heteroatoms. The van der Waals surface area contributed by atoms with Crippen LogP contribution in [0.4, 0.5) is 8.78 Å². The number of nitrogens with zero attached hydrogens (tertiary/aromatic N) is 5. The van der Waals surface area contributed by atoms with E-state index in [-0.39, 0.29) is 5.56 Å². The zero-order valence-electron chi connectivity index (χ0n) is 11.7. The van der Waals surface area contributed by atoms with Gasteiger partial charge in [0.1, 0.15) is 18.0 Å². The Balaban J connectivity index is 1.99. The SMILES string of the molecule is Fc1ccc(-c2cc(-c3ccncc3)n3ncnc3n2)c(F)c1. The predicted octanol–water partition coefficient (Wildman–Crippen LogP) is 3.13. The summed E-state index contributed by atoms with van der Waals surface area (Å²) in [5, 5.41) is 4.14. The normalized spacial score (nSPS) is 11.0. The van der Waals surface area contributed by atoms with Crippen LogP contribution in [-0.4, -0.2) is 24.6 Å². The molecule has 0 aliphatic carbocycles. The monoisotopic (exact) mass is 309 g/mol. The molecule has 0 saturated carbocycles. The van der Waals surface area contributed by atoms with E-state index in [9.17, 15) is 8.78 Å². The number of hydrogen-bond acceptors (Lipinski definition) is 4. The fraction of sp³-hybridized carbons (Fsp3) is 0. The third-order valence-corrected chi connectivity index (χ3v) is 3.44. The lowest BCUT2D eigenvalue weighted by Gasteiger charge is -2.08. The van der Waals surface area contributed by atoms with E-state index in [0.717, 1.165) is 11.6 Å². The third kappa shape index (κ3) is 2.32. The van der Waals surface area contributed by atoms with Crippen LogP contribution >= 0.6 is 0 Å². The number of benzene rings is 1. The number of aromatic nitrogens is 5. The summed E-state index contributed by atoms with van der Waals surface area (Å²) >= 11 is 0. The topological polar surface area (TPSA) is 56.0 Å². The standard InChI is InChI=1S/C16H9F2N5/c17-11-1-2-12(13(18)7-11)14-8-15(10-3-5-19-6-4-10)23-16(22-14)20-9-21-23/h1-9H. The molecular weight excluding hydrogens is 300 g/mol. The molecule has 0 unspecified atom stereocenters. The number of halogens is 2. The zero-order valence-corrected chi connectivity index (χ0v) is 11.7. The van der Waals surface area contributed by atoms with Crippen LogP contribution in [0.15, 0.2) is 55.1 Å². The Morgan fingerprint density at radius 3 is 2.57 bits per heavy atom. The van der Waals surface area contributed by atoms with Gasteiger partial charge < -0.3 is 0 Å². The molecule has 23 heavy (non-hydrogen) atoms. The molecular formula is C16H9F2N5. The van der Waals surface area contributed by atoms with Crippen LogP contribution < -0.4 is 0 Å². The van der Waals surface area contributed by atoms with Crippen molar-refractivity contribution in [3.05, 3.63) is 66.8 Å². The molecule has 3 heterocycles. The van der Waals surface area contributed by atoms with Gasteiger partial charge in [0.15, 0.2) is 0 Å². The molecule has 0 aliphatic heterocycles. The Morgan fingerprint density at radius 1 is 0.957 bits per heavy atom. The number of fused-ring (bicyclic) bond motifs is 1. The Labute approximate surface area is 129 Å². The van der Waals surface area contributed by atoms with Gasteiger partial charge in [-0.1, -0.05) is 0 Å². The van der Waals surface area contributed by atoms with Crippen molar-refractivity contribution in [2.75, 3.05) is 0 Å². The molecule has 3 aromatic heterocycles. The van der Waals surface area contributed by atoms with E-state index in [1.165, 1.54) is 18.5 Å². The van der Waals surface area contributed by atoms with Crippen molar-refractivity contribution in [3.8, 4) is 22.5 Å². The summed E-state index contributed by atoms with van der Waals surface area (Å²) in [6.07, 6.45) is 4.67. The van der Waals surface area contributed by atoms with E-state index in [2.05, 4.69) is 20.1 Å². The average Bonchev–Trinajstić information content (AvgIpc) is 3.03. The number of rotatable bonds is 2. The van der Waals surface area contributed by atoms with Crippen LogP contribution in [-0.2, 0) is 0 Å². The van der Waals surface area contributed by atoms with Crippen molar-refractivity contribution in [2.24, 2.45) is 0 Å². The molecule has 0 spiro atoms. The summed E-state index contributed by atoms with van der Waals surface area (Å²) in [6.45, 7) is 0. The largest absolute Gasteiger partial charge is 0.265 e. The van der Waals surface area contributed by atoms with Gasteiger partial charge in [-0.3, -0.25) is 4.98 Å². The van der Waals surface area contributed by atoms with E-state index >= 15 is 0 Å². The Bertz CT molecular complexity index is 998. The van der Waals surface area contributed by atoms with E-state index in [1.807, 2.05) is 0 Å². The smallest absolute Gasteiger partial charge is 0.253 e. The molecule has 4 aromatic rings. The van der Waals surface area contributed by atoms with Gasteiger partial charge in [0.05, 0.1) is 11.4 Å². The molecule has 112 valence electrons. The highest BCUT2D eigenvalue weighted by Gasteiger charge is 2.14. The molecule has 0 atom stereocenters. The highest BCUT2D eigenvalue weighted by atomic mass is 19.1. The minimum absolute atomic E-state index is 0.201. The van der Waals surface area contributed by atoms with Crippen LogP contribution in [0.1, 0.15) is 0 Å². The summed E-state index contributed by atoms with van der Waals surface area (Å²) in [5.74, 6) is -0.982. The van der Waals surface area contributed by atoms with Crippen LogP contribution in [0, 0.1) is 11.6 Å². The third-order valence-electron chi connectivity index (χ3n) is 3.44. The second-order valence-corrected chi connectivity index (χ2v) is 4.86. The van der Waals surface area contributed by atoms with Gasteiger partial charge in [-0.25, -0.2) is 13.8 Å². The lowest BCUT2D eigenvalue weighted by atomic mass is 10.1. The van der Waals surface area contributed by atoms with Gasteiger partial charge >= 0.3 is 0 Å². The maximum Gasteiger partial charge on any atom is 0.253 e. The van der Waals surface area contributed by atoms with Gasteiger partial charge in [-0.05, 0) is 30.3 Å². The lowest BCUT2D eigenvalue weighted by Crippen LogP contribution is -2.00. The molecule has 1 aromatic carbocycles. The van der Waals surface area contributed by atoms with Gasteiger partial charge in [0.25, 0.3) is 5.78 Å². The van der Waals surface area contributed by atoms with Crippen LogP contribution in [0.3, 0.4) is 0 Å². The fourth-order valence-electron chi connectivity index (χ4n) is 2.38. The van der Waals surface area contributed by atoms with Crippen molar-refractivity contribution in [1.29, 1.82) is 0 Å².